The molecule has 3 aromatic rings. The Morgan fingerprint density at radius 3 is 2.76 bits per heavy atom. The average Bonchev–Trinajstić information content (AvgIpc) is 3.26. The van der Waals surface area contributed by atoms with Gasteiger partial charge in [0, 0.05) is 0 Å². The van der Waals surface area contributed by atoms with Gasteiger partial charge in [0.2, 0.25) is 0 Å². The lowest BCUT2D eigenvalue weighted by Crippen LogP contribution is -2.13. The largest absolute Gasteiger partial charge is 0.448 e. The Hall–Kier alpha value is -1.87. The predicted molar refractivity (Wildman–Crippen MR) is 95.1 cm³/mol. The summed E-state index contributed by atoms with van der Waals surface area (Å²) in [7, 11) is 0. The summed E-state index contributed by atoms with van der Waals surface area (Å²) in [5.74, 6) is -0.387. The third-order valence-electron chi connectivity index (χ3n) is 3.07. The lowest BCUT2D eigenvalue weighted by Gasteiger charge is -2.11. The molecule has 130 valence electrons. The van der Waals surface area contributed by atoms with Crippen LogP contribution in [-0.4, -0.2) is 21.2 Å². The second-order valence-electron chi connectivity index (χ2n) is 4.76. The molecule has 25 heavy (non-hydrogen) atoms. The van der Waals surface area contributed by atoms with Crippen molar-refractivity contribution in [1.82, 2.24) is 15.2 Å². The molecule has 0 saturated carbocycles. The minimum atomic E-state index is -0.848. The predicted octanol–water partition coefficient (Wildman–Crippen LogP) is 4.65. The molecule has 0 bridgehead atoms. The molecular weight excluding hydrogens is 411 g/mol. The highest BCUT2D eigenvalue weighted by Crippen LogP contribution is 2.35. The highest BCUT2D eigenvalue weighted by Gasteiger charge is 2.25. The van der Waals surface area contributed by atoms with E-state index in [4.69, 9.17) is 49.7 Å². The number of pyridine rings is 1. The number of esters is 1. The highest BCUT2D eigenvalue weighted by atomic mass is 35.5. The molecule has 1 unspecified atom stereocenters. The van der Waals surface area contributed by atoms with Gasteiger partial charge < -0.3 is 14.9 Å². The first-order valence-electron chi connectivity index (χ1n) is 6.76. The van der Waals surface area contributed by atoms with Crippen molar-refractivity contribution in [3.8, 4) is 10.8 Å². The van der Waals surface area contributed by atoms with Gasteiger partial charge in [-0.3, -0.25) is 0 Å². The number of hydrogen-bond acceptors (Lipinski definition) is 8. The zero-order valence-electron chi connectivity index (χ0n) is 12.5. The Balaban J connectivity index is 1.80. The van der Waals surface area contributed by atoms with Crippen molar-refractivity contribution in [2.45, 2.75) is 13.0 Å². The van der Waals surface area contributed by atoms with Gasteiger partial charge in [-0.05, 0) is 18.4 Å². The van der Waals surface area contributed by atoms with E-state index in [1.54, 1.807) is 6.92 Å². The monoisotopic (exact) mass is 418 g/mol. The molecule has 0 saturated heterocycles. The van der Waals surface area contributed by atoms with Crippen molar-refractivity contribution in [1.29, 1.82) is 0 Å². The van der Waals surface area contributed by atoms with Crippen LogP contribution in [0.4, 0.5) is 5.69 Å². The number of aromatic nitrogens is 3. The summed E-state index contributed by atoms with van der Waals surface area (Å²) in [6, 6.07) is 3.69. The van der Waals surface area contributed by atoms with Crippen molar-refractivity contribution in [3.05, 3.63) is 44.3 Å². The summed E-state index contributed by atoms with van der Waals surface area (Å²) >= 11 is 19.1. The number of carbonyl (C=O) groups is 1. The molecule has 3 aromatic heterocycles. The van der Waals surface area contributed by atoms with Gasteiger partial charge in [0.25, 0.3) is 11.8 Å². The smallest absolute Gasteiger partial charge is 0.359 e. The second kappa shape index (κ2) is 7.17. The summed E-state index contributed by atoms with van der Waals surface area (Å²) in [6.45, 7) is 1.57. The van der Waals surface area contributed by atoms with Gasteiger partial charge in [-0.1, -0.05) is 40.9 Å². The normalized spacial score (nSPS) is 12.2. The van der Waals surface area contributed by atoms with E-state index >= 15 is 0 Å². The highest BCUT2D eigenvalue weighted by molar-refractivity contribution is 7.13. The zero-order valence-corrected chi connectivity index (χ0v) is 15.6. The van der Waals surface area contributed by atoms with Crippen molar-refractivity contribution in [2.24, 2.45) is 0 Å². The fourth-order valence-electron chi connectivity index (χ4n) is 1.83. The summed E-state index contributed by atoms with van der Waals surface area (Å²) in [5.41, 5.74) is 5.38. The molecule has 0 amide bonds. The maximum Gasteiger partial charge on any atom is 0.359 e. The molecule has 0 aliphatic carbocycles. The molecule has 3 rings (SSSR count). The molecule has 1 atom stereocenters. The van der Waals surface area contributed by atoms with Gasteiger partial charge in [-0.2, -0.15) is 0 Å². The minimum absolute atomic E-state index is 0.0336. The third kappa shape index (κ3) is 3.57. The van der Waals surface area contributed by atoms with E-state index in [9.17, 15) is 4.79 Å². The molecular formula is C14H9Cl3N4O3S. The number of thiophene rings is 1. The minimum Gasteiger partial charge on any atom is -0.448 e. The number of hydrogen-bond donors (Lipinski definition) is 1. The summed E-state index contributed by atoms with van der Waals surface area (Å²) in [5, 5.41) is 9.35. The van der Waals surface area contributed by atoms with E-state index in [-0.39, 0.29) is 32.5 Å². The van der Waals surface area contributed by atoms with Crippen LogP contribution in [0.3, 0.4) is 0 Å². The van der Waals surface area contributed by atoms with Crippen LogP contribution in [0.1, 0.15) is 29.4 Å². The number of carbonyl (C=O) groups excluding carboxylic acids is 1. The Morgan fingerprint density at radius 1 is 1.32 bits per heavy atom. The maximum atomic E-state index is 12.3. The third-order valence-corrected chi connectivity index (χ3v) is 5.06. The quantitative estimate of drug-likeness (QED) is 0.484. The maximum absolute atomic E-state index is 12.3. The molecule has 0 spiro atoms. The van der Waals surface area contributed by atoms with Gasteiger partial charge in [-0.15, -0.1) is 21.5 Å². The van der Waals surface area contributed by atoms with Gasteiger partial charge in [0.05, 0.1) is 15.6 Å². The molecule has 0 aromatic carbocycles. The molecule has 11 heteroatoms. The van der Waals surface area contributed by atoms with E-state index in [2.05, 4.69) is 15.2 Å². The van der Waals surface area contributed by atoms with Crippen LogP contribution in [0.2, 0.25) is 15.2 Å². The molecule has 3 heterocycles. The first-order valence-corrected chi connectivity index (χ1v) is 8.78. The number of halogens is 3. The first-order chi connectivity index (χ1) is 11.9. The van der Waals surface area contributed by atoms with E-state index in [0.29, 0.717) is 5.89 Å². The van der Waals surface area contributed by atoms with E-state index < -0.39 is 12.1 Å². The number of rotatable bonds is 4. The Bertz CT molecular complexity index is 930. The van der Waals surface area contributed by atoms with Gasteiger partial charge >= 0.3 is 5.97 Å². The fraction of sp³-hybridized carbons (Fsp3) is 0.143. The number of nitrogens with zero attached hydrogens (tertiary/aromatic N) is 3. The van der Waals surface area contributed by atoms with Crippen LogP contribution in [0.5, 0.6) is 0 Å². The Labute approximate surface area is 160 Å². The van der Waals surface area contributed by atoms with Crippen LogP contribution >= 0.6 is 46.1 Å². The zero-order chi connectivity index (χ0) is 18.1. The first kappa shape index (κ1) is 17.9. The summed E-state index contributed by atoms with van der Waals surface area (Å²) in [6.07, 6.45) is -0.831. The van der Waals surface area contributed by atoms with Gasteiger partial charge in [0.15, 0.2) is 17.0 Å². The van der Waals surface area contributed by atoms with Crippen LogP contribution in [0.15, 0.2) is 21.9 Å². The molecule has 0 aliphatic rings. The van der Waals surface area contributed by atoms with E-state index in [0.717, 1.165) is 4.88 Å². The fourth-order valence-corrected chi connectivity index (χ4v) is 3.06. The van der Waals surface area contributed by atoms with Crippen LogP contribution < -0.4 is 5.73 Å². The molecule has 0 aliphatic heterocycles. The summed E-state index contributed by atoms with van der Waals surface area (Å²) in [4.78, 5) is 16.9. The van der Waals surface area contributed by atoms with Crippen molar-refractivity contribution < 1.29 is 13.9 Å². The number of ether oxygens (including phenoxy) is 1. The number of anilines is 1. The number of nitrogen functional groups attached to an aromatic ring is 1. The van der Waals surface area contributed by atoms with Crippen LogP contribution in [-0.2, 0) is 4.74 Å². The Morgan fingerprint density at radius 2 is 2.08 bits per heavy atom. The van der Waals surface area contributed by atoms with Crippen molar-refractivity contribution >= 4 is 57.8 Å². The average molecular weight is 420 g/mol. The van der Waals surface area contributed by atoms with Crippen LogP contribution in [0.25, 0.3) is 10.8 Å². The lowest BCUT2D eigenvalue weighted by molar-refractivity contribution is 0.0273. The van der Waals surface area contributed by atoms with Crippen LogP contribution in [0, 0.1) is 0 Å². The van der Waals surface area contributed by atoms with Gasteiger partial charge in [-0.25, -0.2) is 9.78 Å². The van der Waals surface area contributed by atoms with E-state index in [1.807, 2.05) is 17.5 Å². The standard InChI is InChI=1S/C14H9Cl3N4O3S/c1-5(12-20-21-13(24-12)6-3-2-4-25-6)23-14(22)10-7(15)9(18)8(16)11(17)19-10/h2-5H,1H3,(H2,18,19). The van der Waals surface area contributed by atoms with E-state index in [1.165, 1.54) is 11.3 Å². The van der Waals surface area contributed by atoms with Crippen molar-refractivity contribution in [3.63, 3.8) is 0 Å². The molecule has 7 nitrogen and oxygen atoms in total. The second-order valence-corrected chi connectivity index (χ2v) is 6.82. The summed E-state index contributed by atoms with van der Waals surface area (Å²) < 4.78 is 10.8. The molecule has 0 fully saturated rings. The van der Waals surface area contributed by atoms with Crippen molar-refractivity contribution in [2.75, 3.05) is 5.73 Å². The number of nitrogens with two attached hydrogens (primary N) is 1. The topological polar surface area (TPSA) is 104 Å². The Kier molecular flexibility index (Phi) is 5.14. The SMILES string of the molecule is CC(OC(=O)c1nc(Cl)c(Cl)c(N)c1Cl)c1nnc(-c2cccs2)o1. The lowest BCUT2D eigenvalue weighted by atomic mass is 10.3. The molecule has 0 radical (unpaired) electrons. The van der Waals surface area contributed by atoms with Gasteiger partial charge in [0.1, 0.15) is 5.02 Å². The molecule has 2 N–H and O–H groups in total.